The largest absolute Gasteiger partial charge is 0.497 e. The lowest BCUT2D eigenvalue weighted by molar-refractivity contribution is -0.134. The molecule has 0 spiro atoms. The first-order chi connectivity index (χ1) is 12.4. The Hall–Kier alpha value is -2.30. The van der Waals surface area contributed by atoms with Crippen LogP contribution in [-0.2, 0) is 9.59 Å². The van der Waals surface area contributed by atoms with Crippen LogP contribution in [0.3, 0.4) is 0 Å². The van der Waals surface area contributed by atoms with Gasteiger partial charge in [0.1, 0.15) is 5.75 Å². The van der Waals surface area contributed by atoms with E-state index in [1.807, 2.05) is 29.2 Å². The zero-order valence-corrected chi connectivity index (χ0v) is 16.1. The zero-order chi connectivity index (χ0) is 19.2. The second kappa shape index (κ2) is 8.88. The number of likely N-dealkylation sites (tertiary alicyclic amines) is 1. The number of nitrogens with one attached hydrogen (secondary N) is 1. The molecule has 1 saturated heterocycles. The molecule has 0 aliphatic carbocycles. The molecule has 0 aromatic heterocycles. The molecule has 0 bridgehead atoms. The third-order valence-corrected chi connectivity index (χ3v) is 5.36. The van der Waals surface area contributed by atoms with E-state index in [9.17, 15) is 9.59 Å². The Kier molecular flexibility index (Phi) is 6.83. The molecule has 2 amide bonds. The number of carbonyl (C=O) groups is 2. The first kappa shape index (κ1) is 20.0. The molecular formula is C21H30N2O3. The highest BCUT2D eigenvalue weighted by Gasteiger charge is 2.32. The molecule has 1 aliphatic rings. The van der Waals surface area contributed by atoms with Crippen LogP contribution in [-0.4, -0.2) is 43.5 Å². The molecule has 1 aliphatic heterocycles. The quantitative estimate of drug-likeness (QED) is 0.762. The maximum Gasteiger partial charge on any atom is 0.243 e. The molecule has 142 valence electrons. The van der Waals surface area contributed by atoms with Gasteiger partial charge in [0.05, 0.1) is 7.11 Å². The van der Waals surface area contributed by atoms with Gasteiger partial charge in [0.2, 0.25) is 11.8 Å². The number of rotatable bonds is 7. The molecule has 2 rings (SSSR count). The minimum absolute atomic E-state index is 0.0387. The molecule has 1 atom stereocenters. The summed E-state index contributed by atoms with van der Waals surface area (Å²) in [6.45, 7) is 9.84. The van der Waals surface area contributed by atoms with Crippen molar-refractivity contribution in [1.82, 2.24) is 10.2 Å². The van der Waals surface area contributed by atoms with Crippen molar-refractivity contribution in [1.29, 1.82) is 0 Å². The summed E-state index contributed by atoms with van der Waals surface area (Å²) in [5, 5.41) is 2.88. The van der Waals surface area contributed by atoms with Crippen LogP contribution >= 0.6 is 0 Å². The number of ether oxygens (including phenoxy) is 1. The van der Waals surface area contributed by atoms with Gasteiger partial charge in [-0.05, 0) is 47.9 Å². The van der Waals surface area contributed by atoms with E-state index >= 15 is 0 Å². The fourth-order valence-corrected chi connectivity index (χ4v) is 3.29. The van der Waals surface area contributed by atoms with Crippen LogP contribution in [0.2, 0.25) is 0 Å². The van der Waals surface area contributed by atoms with Crippen LogP contribution < -0.4 is 10.1 Å². The topological polar surface area (TPSA) is 58.6 Å². The Bertz CT molecular complexity index is 631. The normalized spacial score (nSPS) is 17.3. The van der Waals surface area contributed by atoms with Gasteiger partial charge in [-0.25, -0.2) is 0 Å². The number of piperidine rings is 1. The van der Waals surface area contributed by atoms with Gasteiger partial charge in [0, 0.05) is 26.1 Å². The summed E-state index contributed by atoms with van der Waals surface area (Å²) < 4.78 is 5.18. The molecule has 1 aromatic rings. The van der Waals surface area contributed by atoms with Gasteiger partial charge in [0.25, 0.3) is 0 Å². The maximum atomic E-state index is 12.6. The highest BCUT2D eigenvalue weighted by Crippen LogP contribution is 2.31. The number of methoxy groups -OCH3 is 1. The van der Waals surface area contributed by atoms with E-state index in [-0.39, 0.29) is 23.1 Å². The second-order valence-corrected chi connectivity index (χ2v) is 7.49. The summed E-state index contributed by atoms with van der Waals surface area (Å²) in [6, 6.07) is 7.90. The van der Waals surface area contributed by atoms with Gasteiger partial charge in [0.15, 0.2) is 0 Å². The summed E-state index contributed by atoms with van der Waals surface area (Å²) in [7, 11) is 1.65. The Morgan fingerprint density at radius 3 is 2.46 bits per heavy atom. The molecule has 1 fully saturated rings. The number of amides is 2. The van der Waals surface area contributed by atoms with Crippen LogP contribution in [0.1, 0.15) is 44.6 Å². The summed E-state index contributed by atoms with van der Waals surface area (Å²) in [5.74, 6) is 1.06. The van der Waals surface area contributed by atoms with E-state index in [4.69, 9.17) is 4.74 Å². The first-order valence-electron chi connectivity index (χ1n) is 9.19. The fraction of sp³-hybridized carbons (Fsp3) is 0.524. The molecule has 5 nitrogen and oxygen atoms in total. The van der Waals surface area contributed by atoms with Crippen LogP contribution in [0.15, 0.2) is 36.9 Å². The van der Waals surface area contributed by atoms with E-state index in [2.05, 4.69) is 25.7 Å². The Balaban J connectivity index is 1.83. The van der Waals surface area contributed by atoms with Gasteiger partial charge in [-0.3, -0.25) is 9.59 Å². The van der Waals surface area contributed by atoms with E-state index in [1.165, 1.54) is 6.08 Å². The third-order valence-electron chi connectivity index (χ3n) is 5.36. The van der Waals surface area contributed by atoms with Crippen molar-refractivity contribution in [2.75, 3.05) is 26.7 Å². The highest BCUT2D eigenvalue weighted by atomic mass is 16.5. The maximum absolute atomic E-state index is 12.6. The van der Waals surface area contributed by atoms with Gasteiger partial charge < -0.3 is 15.0 Å². The molecular weight excluding hydrogens is 328 g/mol. The van der Waals surface area contributed by atoms with Crippen LogP contribution in [0.25, 0.3) is 0 Å². The number of hydrogen-bond acceptors (Lipinski definition) is 3. The number of benzene rings is 1. The minimum Gasteiger partial charge on any atom is -0.497 e. The Labute approximate surface area is 156 Å². The smallest absolute Gasteiger partial charge is 0.243 e. The average molecular weight is 358 g/mol. The molecule has 1 N–H and O–H groups in total. The predicted octanol–water partition coefficient (Wildman–Crippen LogP) is 3.12. The summed E-state index contributed by atoms with van der Waals surface area (Å²) in [5.41, 5.74) is 1.19. The van der Waals surface area contributed by atoms with Crippen molar-refractivity contribution in [2.45, 2.75) is 39.0 Å². The predicted molar refractivity (Wildman–Crippen MR) is 103 cm³/mol. The Morgan fingerprint density at radius 1 is 1.31 bits per heavy atom. The summed E-state index contributed by atoms with van der Waals surface area (Å²) >= 11 is 0. The highest BCUT2D eigenvalue weighted by molar-refractivity contribution is 5.86. The van der Waals surface area contributed by atoms with Gasteiger partial charge >= 0.3 is 0 Å². The fourth-order valence-electron chi connectivity index (χ4n) is 3.29. The minimum atomic E-state index is -0.141. The van der Waals surface area contributed by atoms with Crippen LogP contribution in [0, 0.1) is 5.41 Å². The van der Waals surface area contributed by atoms with Crippen molar-refractivity contribution in [3.8, 4) is 5.75 Å². The van der Waals surface area contributed by atoms with Crippen molar-refractivity contribution in [3.63, 3.8) is 0 Å². The average Bonchev–Trinajstić information content (AvgIpc) is 2.66. The molecule has 1 heterocycles. The molecule has 1 unspecified atom stereocenters. The standard InChI is InChI=1S/C21H30N2O3/c1-5-19(24)22-15-21(3)10-12-23(13-11-21)20(25)14-16(2)17-6-8-18(26-4)9-7-17/h5-9,16H,1,10-15H2,2-4H3,(H,22,24). The number of carbonyl (C=O) groups excluding carboxylic acids is 2. The monoisotopic (exact) mass is 358 g/mol. The SMILES string of the molecule is C=CC(=O)NCC1(C)CCN(C(=O)CC(C)c2ccc(OC)cc2)CC1. The molecule has 0 saturated carbocycles. The van der Waals surface area contributed by atoms with Crippen LogP contribution in [0.5, 0.6) is 5.75 Å². The van der Waals surface area contributed by atoms with Gasteiger partial charge in [-0.15, -0.1) is 0 Å². The zero-order valence-electron chi connectivity index (χ0n) is 16.1. The van der Waals surface area contributed by atoms with E-state index < -0.39 is 0 Å². The number of nitrogens with zero attached hydrogens (tertiary/aromatic N) is 1. The summed E-state index contributed by atoms with van der Waals surface area (Å²) in [6.07, 6.45) is 3.60. The second-order valence-electron chi connectivity index (χ2n) is 7.49. The lowest BCUT2D eigenvalue weighted by atomic mass is 9.80. The molecule has 1 aromatic carbocycles. The van der Waals surface area contributed by atoms with Crippen LogP contribution in [0.4, 0.5) is 0 Å². The van der Waals surface area contributed by atoms with Gasteiger partial charge in [-0.1, -0.05) is 32.6 Å². The van der Waals surface area contributed by atoms with Gasteiger partial charge in [-0.2, -0.15) is 0 Å². The Morgan fingerprint density at radius 2 is 1.92 bits per heavy atom. The summed E-state index contributed by atoms with van der Waals surface area (Å²) in [4.78, 5) is 26.0. The van der Waals surface area contributed by atoms with E-state index in [1.54, 1.807) is 7.11 Å². The van der Waals surface area contributed by atoms with Crippen molar-refractivity contribution in [2.24, 2.45) is 5.41 Å². The van der Waals surface area contributed by atoms with Crippen molar-refractivity contribution >= 4 is 11.8 Å². The molecule has 0 radical (unpaired) electrons. The lowest BCUT2D eigenvalue weighted by Crippen LogP contribution is -2.46. The molecule has 26 heavy (non-hydrogen) atoms. The van der Waals surface area contributed by atoms with Crippen molar-refractivity contribution < 1.29 is 14.3 Å². The number of hydrogen-bond donors (Lipinski definition) is 1. The third kappa shape index (κ3) is 5.35. The van der Waals surface area contributed by atoms with E-state index in [0.717, 1.165) is 37.2 Å². The lowest BCUT2D eigenvalue weighted by Gasteiger charge is -2.39. The first-order valence-corrected chi connectivity index (χ1v) is 9.19. The van der Waals surface area contributed by atoms with E-state index in [0.29, 0.717) is 13.0 Å². The molecule has 5 heteroatoms. The van der Waals surface area contributed by atoms with Crippen molar-refractivity contribution in [3.05, 3.63) is 42.5 Å².